The number of amides is 2. The van der Waals surface area contributed by atoms with Gasteiger partial charge in [-0.1, -0.05) is 18.2 Å². The second-order valence-corrected chi connectivity index (χ2v) is 9.02. The van der Waals surface area contributed by atoms with Crippen LogP contribution in [0.2, 0.25) is 0 Å². The molecule has 1 N–H and O–H groups in total. The van der Waals surface area contributed by atoms with E-state index in [1.54, 1.807) is 0 Å². The Hall–Kier alpha value is -2.18. The molecule has 1 aromatic carbocycles. The van der Waals surface area contributed by atoms with Gasteiger partial charge in [-0.15, -0.1) is 11.3 Å². The van der Waals surface area contributed by atoms with Crippen LogP contribution < -0.4 is 5.32 Å². The fourth-order valence-electron chi connectivity index (χ4n) is 4.54. The Balaban J connectivity index is 1.26. The average molecular weight is 396 g/mol. The molecule has 28 heavy (non-hydrogen) atoms. The van der Waals surface area contributed by atoms with Gasteiger partial charge in [-0.05, 0) is 54.3 Å². The van der Waals surface area contributed by atoms with Gasteiger partial charge in [-0.25, -0.2) is 0 Å². The van der Waals surface area contributed by atoms with Crippen molar-refractivity contribution >= 4 is 23.2 Å². The quantitative estimate of drug-likeness (QED) is 0.847. The number of carbonyl (C=O) groups excluding carboxylic acids is 2. The van der Waals surface area contributed by atoms with Crippen LogP contribution in [0, 0.1) is 0 Å². The van der Waals surface area contributed by atoms with Crippen LogP contribution in [0.25, 0.3) is 0 Å². The normalized spacial score (nSPS) is 26.3. The largest absolute Gasteiger partial charge is 0.350 e. The zero-order valence-corrected chi connectivity index (χ0v) is 16.7. The van der Waals surface area contributed by atoms with E-state index in [1.165, 1.54) is 29.7 Å². The Bertz CT molecular complexity index is 877. The maximum Gasteiger partial charge on any atom is 0.261 e. The lowest BCUT2D eigenvalue weighted by molar-refractivity contribution is 0.0493. The van der Waals surface area contributed by atoms with Crippen LogP contribution in [0.5, 0.6) is 0 Å². The predicted octanol–water partition coefficient (Wildman–Crippen LogP) is 2.95. The summed E-state index contributed by atoms with van der Waals surface area (Å²) in [7, 11) is 0. The Morgan fingerprint density at radius 2 is 1.89 bits per heavy atom. The molecule has 6 heteroatoms. The second kappa shape index (κ2) is 7.33. The summed E-state index contributed by atoms with van der Waals surface area (Å²) in [4.78, 5) is 31.1. The number of nitrogens with one attached hydrogen (secondary N) is 1. The molecule has 1 saturated carbocycles. The molecule has 3 aliphatic rings. The minimum atomic E-state index is 0.0409. The summed E-state index contributed by atoms with van der Waals surface area (Å²) in [6.45, 7) is 3.17. The molecular formula is C22H25N3O2S. The molecule has 0 radical (unpaired) electrons. The minimum Gasteiger partial charge on any atom is -0.350 e. The van der Waals surface area contributed by atoms with Crippen LogP contribution in [-0.2, 0) is 0 Å². The van der Waals surface area contributed by atoms with E-state index >= 15 is 0 Å². The van der Waals surface area contributed by atoms with Crippen molar-refractivity contribution in [3.8, 4) is 0 Å². The number of hydrogen-bond acceptors (Lipinski definition) is 4. The summed E-state index contributed by atoms with van der Waals surface area (Å²) in [6, 6.07) is 12.1. The number of benzene rings is 1. The Labute approximate surface area is 169 Å². The van der Waals surface area contributed by atoms with Gasteiger partial charge in [0, 0.05) is 43.8 Å². The first-order valence-corrected chi connectivity index (χ1v) is 11.0. The zero-order valence-electron chi connectivity index (χ0n) is 15.8. The van der Waals surface area contributed by atoms with Gasteiger partial charge in [0.1, 0.15) is 0 Å². The van der Waals surface area contributed by atoms with Gasteiger partial charge < -0.3 is 10.2 Å². The van der Waals surface area contributed by atoms with E-state index in [9.17, 15) is 9.59 Å². The summed E-state index contributed by atoms with van der Waals surface area (Å²) in [5, 5.41) is 5.17. The third-order valence-electron chi connectivity index (χ3n) is 6.26. The Morgan fingerprint density at radius 1 is 1.07 bits per heavy atom. The summed E-state index contributed by atoms with van der Waals surface area (Å²) in [5.74, 6) is 0.733. The van der Waals surface area contributed by atoms with E-state index < -0.39 is 0 Å². The SMILES string of the molecule is O=C(NC[C@H]1CN(C(=O)c2ccccc2)[C@H]2CCN1C2)c1sccc1C1CC1. The van der Waals surface area contributed by atoms with Crippen molar-refractivity contribution < 1.29 is 9.59 Å². The standard InChI is InChI=1S/C22H25N3O2S/c26-21(20-19(9-11-28-20)15-6-7-15)23-12-18-14-25(17-8-10-24(18)13-17)22(27)16-4-2-1-3-5-16/h1-5,9,11,15,17-18H,6-8,10,12-14H2,(H,23,26)/t17-,18-/m0/s1. The molecule has 1 unspecified atom stereocenters. The third-order valence-corrected chi connectivity index (χ3v) is 7.19. The van der Waals surface area contributed by atoms with Gasteiger partial charge in [0.25, 0.3) is 11.8 Å². The van der Waals surface area contributed by atoms with Crippen molar-refractivity contribution in [2.75, 3.05) is 26.2 Å². The number of nitrogens with zero attached hydrogens (tertiary/aromatic N) is 2. The maximum atomic E-state index is 13.0. The molecule has 0 spiro atoms. The van der Waals surface area contributed by atoms with Crippen LogP contribution in [0.1, 0.15) is 50.8 Å². The van der Waals surface area contributed by atoms with Crippen molar-refractivity contribution in [1.82, 2.24) is 15.1 Å². The zero-order chi connectivity index (χ0) is 19.1. The van der Waals surface area contributed by atoms with Crippen LogP contribution in [0.4, 0.5) is 0 Å². The van der Waals surface area contributed by atoms with Gasteiger partial charge >= 0.3 is 0 Å². The number of hydrogen-bond donors (Lipinski definition) is 1. The van der Waals surface area contributed by atoms with E-state index in [-0.39, 0.29) is 17.9 Å². The lowest BCUT2D eigenvalue weighted by atomic mass is 10.1. The van der Waals surface area contributed by atoms with Crippen molar-refractivity contribution in [3.63, 3.8) is 0 Å². The van der Waals surface area contributed by atoms with Crippen LogP contribution in [0.3, 0.4) is 0 Å². The topological polar surface area (TPSA) is 52.7 Å². The predicted molar refractivity (Wildman–Crippen MR) is 110 cm³/mol. The van der Waals surface area contributed by atoms with E-state index in [4.69, 9.17) is 0 Å². The molecule has 146 valence electrons. The van der Waals surface area contributed by atoms with Crippen LogP contribution >= 0.6 is 11.3 Å². The molecule has 2 aliphatic heterocycles. The monoisotopic (exact) mass is 395 g/mol. The summed E-state index contributed by atoms with van der Waals surface area (Å²) in [5.41, 5.74) is 1.96. The number of carbonyl (C=O) groups is 2. The lowest BCUT2D eigenvalue weighted by Crippen LogP contribution is -2.57. The Kier molecular flexibility index (Phi) is 4.69. The summed E-state index contributed by atoms with van der Waals surface area (Å²) < 4.78 is 0. The number of rotatable bonds is 5. The lowest BCUT2D eigenvalue weighted by Gasteiger charge is -2.40. The first kappa shape index (κ1) is 17.9. The number of thiophene rings is 1. The van der Waals surface area contributed by atoms with E-state index in [0.29, 0.717) is 25.0 Å². The van der Waals surface area contributed by atoms with Gasteiger partial charge in [-0.2, -0.15) is 0 Å². The number of fused-ring (bicyclic) bond motifs is 2. The highest BCUT2D eigenvalue weighted by atomic mass is 32.1. The van der Waals surface area contributed by atoms with Crippen molar-refractivity contribution in [2.24, 2.45) is 0 Å². The highest BCUT2D eigenvalue weighted by Crippen LogP contribution is 2.43. The molecule has 1 aromatic heterocycles. The molecule has 5 rings (SSSR count). The molecular weight excluding hydrogens is 370 g/mol. The van der Waals surface area contributed by atoms with Crippen molar-refractivity contribution in [2.45, 2.75) is 37.3 Å². The summed E-state index contributed by atoms with van der Waals surface area (Å²) >= 11 is 1.54. The van der Waals surface area contributed by atoms with Gasteiger partial charge in [0.05, 0.1) is 4.88 Å². The van der Waals surface area contributed by atoms with Gasteiger partial charge in [0.2, 0.25) is 0 Å². The number of piperazine rings is 1. The fraction of sp³-hybridized carbons (Fsp3) is 0.455. The van der Waals surface area contributed by atoms with Gasteiger partial charge in [-0.3, -0.25) is 14.5 Å². The molecule has 2 amide bonds. The van der Waals surface area contributed by atoms with E-state index in [1.807, 2.05) is 40.6 Å². The highest BCUT2D eigenvalue weighted by Gasteiger charge is 2.41. The molecule has 3 atom stereocenters. The fourth-order valence-corrected chi connectivity index (χ4v) is 5.45. The van der Waals surface area contributed by atoms with E-state index in [2.05, 4.69) is 16.3 Å². The minimum absolute atomic E-state index is 0.0409. The molecule has 2 saturated heterocycles. The molecule has 5 nitrogen and oxygen atoms in total. The molecule has 2 bridgehead atoms. The third kappa shape index (κ3) is 3.35. The molecule has 3 fully saturated rings. The first-order chi connectivity index (χ1) is 13.7. The second-order valence-electron chi connectivity index (χ2n) is 8.10. The smallest absolute Gasteiger partial charge is 0.261 e. The molecule has 2 aromatic rings. The summed E-state index contributed by atoms with van der Waals surface area (Å²) in [6.07, 6.45) is 3.41. The van der Waals surface area contributed by atoms with Gasteiger partial charge in [0.15, 0.2) is 0 Å². The van der Waals surface area contributed by atoms with Crippen molar-refractivity contribution in [1.29, 1.82) is 0 Å². The molecule has 3 heterocycles. The molecule has 1 aliphatic carbocycles. The average Bonchev–Trinajstić information content (AvgIpc) is 3.31. The first-order valence-electron chi connectivity index (χ1n) is 10.2. The van der Waals surface area contributed by atoms with Crippen LogP contribution in [-0.4, -0.2) is 59.9 Å². The Morgan fingerprint density at radius 3 is 2.68 bits per heavy atom. The highest BCUT2D eigenvalue weighted by molar-refractivity contribution is 7.12. The maximum absolute atomic E-state index is 13.0. The van der Waals surface area contributed by atoms with Crippen LogP contribution in [0.15, 0.2) is 41.8 Å². The van der Waals surface area contributed by atoms with E-state index in [0.717, 1.165) is 30.0 Å². The van der Waals surface area contributed by atoms with Crippen molar-refractivity contribution in [3.05, 3.63) is 57.8 Å².